The zero-order valence-corrected chi connectivity index (χ0v) is 20.7. The second kappa shape index (κ2) is 10.5. The van der Waals surface area contributed by atoms with Gasteiger partial charge in [-0.05, 0) is 51.3 Å². The molecule has 1 fully saturated rings. The maximum Gasteiger partial charge on any atom is 0.229 e. The van der Waals surface area contributed by atoms with Crippen molar-refractivity contribution in [3.05, 3.63) is 46.9 Å². The topological polar surface area (TPSA) is 58.6 Å². The number of ether oxygens (including phenoxy) is 1. The summed E-state index contributed by atoms with van der Waals surface area (Å²) in [4.78, 5) is 26.9. The van der Waals surface area contributed by atoms with Gasteiger partial charge in [-0.3, -0.25) is 4.79 Å². The minimum atomic E-state index is -0.545. The van der Waals surface area contributed by atoms with E-state index in [2.05, 4.69) is 24.0 Å². The first kappa shape index (κ1) is 24.3. The lowest BCUT2D eigenvalue weighted by atomic mass is 9.94. The normalized spacial score (nSPS) is 14.9. The van der Waals surface area contributed by atoms with Crippen LogP contribution in [0.2, 0.25) is 0 Å². The molecule has 1 aromatic carbocycles. The van der Waals surface area contributed by atoms with Crippen LogP contribution in [0.1, 0.15) is 49.8 Å². The molecular weight excluding hydrogens is 424 g/mol. The average Bonchev–Trinajstić information content (AvgIpc) is 3.06. The second-order valence-corrected chi connectivity index (χ2v) is 9.32. The van der Waals surface area contributed by atoms with Gasteiger partial charge in [0.1, 0.15) is 17.4 Å². The van der Waals surface area contributed by atoms with Crippen LogP contribution in [-0.4, -0.2) is 59.9 Å². The van der Waals surface area contributed by atoms with Gasteiger partial charge in [0.05, 0.1) is 12.5 Å². The van der Waals surface area contributed by atoms with Gasteiger partial charge in [0.2, 0.25) is 5.91 Å². The van der Waals surface area contributed by atoms with Crippen LogP contribution < -0.4 is 9.64 Å². The number of carbonyl (C=O) groups is 1. The molecule has 0 N–H and O–H groups in total. The Balaban J connectivity index is 1.88. The van der Waals surface area contributed by atoms with E-state index in [1.165, 1.54) is 11.1 Å². The van der Waals surface area contributed by atoms with Crippen molar-refractivity contribution in [1.82, 2.24) is 14.9 Å². The van der Waals surface area contributed by atoms with Gasteiger partial charge >= 0.3 is 0 Å². The number of rotatable bonds is 7. The number of methoxy groups -OCH3 is 1. The maximum absolute atomic E-state index is 12.9. The minimum Gasteiger partial charge on any atom is -0.497 e. The number of benzene rings is 1. The number of aryl methyl sites for hydroxylation is 2. The maximum atomic E-state index is 12.9. The standard InChI is InChI=1S/C25H35ClN4O2/c1-6-22-21(16-19-8-10-20(32-5)11-9-19)23(28-18(2)27-22)29-12-7-13-30(15-14-29)24(31)25(3,4)17-26/h8-11H,6-7,12-17H2,1-5H3. The number of alkyl halides is 1. The monoisotopic (exact) mass is 458 g/mol. The van der Waals surface area contributed by atoms with Crippen molar-refractivity contribution >= 4 is 23.3 Å². The van der Waals surface area contributed by atoms with Crippen LogP contribution in [0.3, 0.4) is 0 Å². The molecule has 0 bridgehead atoms. The molecule has 2 heterocycles. The molecular formula is C25H35ClN4O2. The summed E-state index contributed by atoms with van der Waals surface area (Å²) in [5.41, 5.74) is 2.91. The molecule has 3 rings (SSSR count). The predicted octanol–water partition coefficient (Wildman–Crippen LogP) is 4.25. The molecule has 0 unspecified atom stereocenters. The van der Waals surface area contributed by atoms with Gasteiger partial charge in [0, 0.05) is 49.7 Å². The van der Waals surface area contributed by atoms with Crippen molar-refractivity contribution in [3.63, 3.8) is 0 Å². The van der Waals surface area contributed by atoms with Crippen LogP contribution in [-0.2, 0) is 17.6 Å². The van der Waals surface area contributed by atoms with E-state index in [1.807, 2.05) is 37.8 Å². The lowest BCUT2D eigenvalue weighted by Crippen LogP contribution is -2.43. The smallest absolute Gasteiger partial charge is 0.229 e. The van der Waals surface area contributed by atoms with Gasteiger partial charge in [0.25, 0.3) is 0 Å². The van der Waals surface area contributed by atoms with Gasteiger partial charge in [-0.1, -0.05) is 19.1 Å². The molecule has 1 aromatic heterocycles. The van der Waals surface area contributed by atoms with E-state index in [1.54, 1.807) is 7.11 Å². The first-order valence-corrected chi connectivity index (χ1v) is 11.9. The Morgan fingerprint density at radius 3 is 2.47 bits per heavy atom. The molecule has 174 valence electrons. The number of hydrogen-bond donors (Lipinski definition) is 0. The average molecular weight is 459 g/mol. The Kier molecular flexibility index (Phi) is 7.99. The third-order valence-corrected chi connectivity index (χ3v) is 6.72. The van der Waals surface area contributed by atoms with Crippen LogP contribution in [0.25, 0.3) is 0 Å². The number of amides is 1. The molecule has 1 amide bonds. The van der Waals surface area contributed by atoms with E-state index < -0.39 is 5.41 Å². The highest BCUT2D eigenvalue weighted by Crippen LogP contribution is 2.28. The quantitative estimate of drug-likeness (QED) is 0.580. The molecule has 6 nitrogen and oxygen atoms in total. The Hall–Kier alpha value is -2.34. The van der Waals surface area contributed by atoms with Crippen molar-refractivity contribution < 1.29 is 9.53 Å². The zero-order valence-electron chi connectivity index (χ0n) is 19.9. The summed E-state index contributed by atoms with van der Waals surface area (Å²) in [5.74, 6) is 3.08. The highest BCUT2D eigenvalue weighted by Gasteiger charge is 2.32. The number of carbonyl (C=O) groups excluding carboxylic acids is 1. The molecule has 0 atom stereocenters. The predicted molar refractivity (Wildman–Crippen MR) is 130 cm³/mol. The molecule has 32 heavy (non-hydrogen) atoms. The van der Waals surface area contributed by atoms with E-state index in [-0.39, 0.29) is 5.91 Å². The Morgan fingerprint density at radius 1 is 1.12 bits per heavy atom. The van der Waals surface area contributed by atoms with Crippen LogP contribution in [0.5, 0.6) is 5.75 Å². The molecule has 1 aliphatic rings. The van der Waals surface area contributed by atoms with E-state index in [4.69, 9.17) is 26.3 Å². The third kappa shape index (κ3) is 5.52. The first-order chi connectivity index (χ1) is 15.3. The summed E-state index contributed by atoms with van der Waals surface area (Å²) in [6, 6.07) is 8.17. The van der Waals surface area contributed by atoms with Gasteiger partial charge in [-0.25, -0.2) is 9.97 Å². The van der Waals surface area contributed by atoms with E-state index in [0.29, 0.717) is 12.4 Å². The van der Waals surface area contributed by atoms with E-state index in [0.717, 1.165) is 62.0 Å². The van der Waals surface area contributed by atoms with Gasteiger partial charge in [0.15, 0.2) is 0 Å². The van der Waals surface area contributed by atoms with Crippen LogP contribution >= 0.6 is 11.6 Å². The number of nitrogens with zero attached hydrogens (tertiary/aromatic N) is 4. The Morgan fingerprint density at radius 2 is 1.84 bits per heavy atom. The summed E-state index contributed by atoms with van der Waals surface area (Å²) >= 11 is 6.06. The summed E-state index contributed by atoms with van der Waals surface area (Å²) in [5, 5.41) is 0. The Bertz CT molecular complexity index is 930. The highest BCUT2D eigenvalue weighted by atomic mass is 35.5. The van der Waals surface area contributed by atoms with Gasteiger partial charge in [-0.15, -0.1) is 11.6 Å². The van der Waals surface area contributed by atoms with E-state index >= 15 is 0 Å². The summed E-state index contributed by atoms with van der Waals surface area (Å²) in [7, 11) is 1.68. The van der Waals surface area contributed by atoms with Crippen LogP contribution in [0.4, 0.5) is 5.82 Å². The number of aromatic nitrogens is 2. The minimum absolute atomic E-state index is 0.126. The summed E-state index contributed by atoms with van der Waals surface area (Å²) in [6.45, 7) is 11.0. The van der Waals surface area contributed by atoms with E-state index in [9.17, 15) is 4.79 Å². The molecule has 7 heteroatoms. The molecule has 0 saturated carbocycles. The third-order valence-electron chi connectivity index (χ3n) is 6.05. The van der Waals surface area contributed by atoms with Gasteiger partial charge in [-0.2, -0.15) is 0 Å². The van der Waals surface area contributed by atoms with Crippen LogP contribution in [0, 0.1) is 12.3 Å². The van der Waals surface area contributed by atoms with Crippen molar-refractivity contribution in [2.75, 3.05) is 44.1 Å². The van der Waals surface area contributed by atoms with Crippen molar-refractivity contribution in [2.45, 2.75) is 47.0 Å². The molecule has 0 radical (unpaired) electrons. The number of anilines is 1. The summed E-state index contributed by atoms with van der Waals surface area (Å²) in [6.07, 6.45) is 2.52. The lowest BCUT2D eigenvalue weighted by molar-refractivity contribution is -0.139. The second-order valence-electron chi connectivity index (χ2n) is 9.05. The molecule has 0 aliphatic carbocycles. The lowest BCUT2D eigenvalue weighted by Gasteiger charge is -2.30. The molecule has 1 saturated heterocycles. The first-order valence-electron chi connectivity index (χ1n) is 11.4. The zero-order chi connectivity index (χ0) is 23.3. The summed E-state index contributed by atoms with van der Waals surface area (Å²) < 4.78 is 5.30. The number of halogens is 1. The largest absolute Gasteiger partial charge is 0.497 e. The number of hydrogen-bond acceptors (Lipinski definition) is 5. The Labute approximate surface area is 196 Å². The highest BCUT2D eigenvalue weighted by molar-refractivity contribution is 6.19. The fourth-order valence-corrected chi connectivity index (χ4v) is 4.25. The van der Waals surface area contributed by atoms with Gasteiger partial charge < -0.3 is 14.5 Å². The molecule has 2 aromatic rings. The van der Waals surface area contributed by atoms with Crippen molar-refractivity contribution in [1.29, 1.82) is 0 Å². The fraction of sp³-hybridized carbons (Fsp3) is 0.560. The SMILES string of the molecule is CCc1nc(C)nc(N2CCCN(C(=O)C(C)(C)CCl)CC2)c1Cc1ccc(OC)cc1. The molecule has 0 spiro atoms. The fourth-order valence-electron chi connectivity index (χ4n) is 4.14. The van der Waals surface area contributed by atoms with Crippen LogP contribution in [0.15, 0.2) is 24.3 Å². The van der Waals surface area contributed by atoms with Crippen molar-refractivity contribution in [3.8, 4) is 5.75 Å². The molecule has 1 aliphatic heterocycles. The van der Waals surface area contributed by atoms with Crippen molar-refractivity contribution in [2.24, 2.45) is 5.41 Å².